The first kappa shape index (κ1) is 7.48. The minimum Gasteiger partial charge on any atom is -0.395 e. The van der Waals surface area contributed by atoms with E-state index in [-0.39, 0.29) is 12.6 Å². The van der Waals surface area contributed by atoms with Gasteiger partial charge in [0.25, 0.3) is 0 Å². The fraction of sp³-hybridized carbons (Fsp3) is 0.667. The summed E-state index contributed by atoms with van der Waals surface area (Å²) < 4.78 is 0. The summed E-state index contributed by atoms with van der Waals surface area (Å²) in [7, 11) is 0. The van der Waals surface area contributed by atoms with Crippen molar-refractivity contribution in [2.45, 2.75) is 19.4 Å². The predicted octanol–water partition coefficient (Wildman–Crippen LogP) is -0.281. The Balaban J connectivity index is 3.19. The van der Waals surface area contributed by atoms with E-state index in [1.165, 1.54) is 0 Å². The van der Waals surface area contributed by atoms with Gasteiger partial charge in [0, 0.05) is 12.5 Å². The summed E-state index contributed by atoms with van der Waals surface area (Å²) in [6.07, 6.45) is 0.590. The second-order valence-corrected chi connectivity index (χ2v) is 1.57. The van der Waals surface area contributed by atoms with Gasteiger partial charge in [-0.2, -0.15) is 0 Å². The first-order valence-corrected chi connectivity index (χ1v) is 2.57. The van der Waals surface area contributed by atoms with Crippen LogP contribution in [0.3, 0.4) is 0 Å². The van der Waals surface area contributed by atoms with E-state index in [0.717, 1.165) is 0 Å². The van der Waals surface area contributed by atoms with E-state index in [1.807, 2.05) is 0 Å². The summed E-state index contributed by atoms with van der Waals surface area (Å²) in [6, 6.07) is -0.164. The molecular formula is C6H11NO. The van der Waals surface area contributed by atoms with Crippen molar-refractivity contribution in [3.8, 4) is 11.8 Å². The number of rotatable bonds is 2. The van der Waals surface area contributed by atoms with Gasteiger partial charge < -0.3 is 10.8 Å². The van der Waals surface area contributed by atoms with Gasteiger partial charge in [-0.15, -0.1) is 11.8 Å². The van der Waals surface area contributed by atoms with Crippen molar-refractivity contribution in [2.75, 3.05) is 6.61 Å². The maximum atomic E-state index is 8.37. The van der Waals surface area contributed by atoms with Gasteiger partial charge in [-0.1, -0.05) is 0 Å². The number of hydrogen-bond donors (Lipinski definition) is 2. The minimum absolute atomic E-state index is 0.0225. The third kappa shape index (κ3) is 3.66. The number of aliphatic hydroxyl groups excluding tert-OH is 1. The molecule has 0 heterocycles. The maximum Gasteiger partial charge on any atom is 0.0591 e. The molecule has 0 bridgehead atoms. The number of hydrogen-bond acceptors (Lipinski definition) is 2. The summed E-state index contributed by atoms with van der Waals surface area (Å²) in [5, 5.41) is 8.37. The van der Waals surface area contributed by atoms with E-state index in [1.54, 1.807) is 6.92 Å². The van der Waals surface area contributed by atoms with E-state index in [0.29, 0.717) is 6.42 Å². The average Bonchev–Trinajstić information content (AvgIpc) is 1.83. The molecule has 0 radical (unpaired) electrons. The fourth-order valence-corrected chi connectivity index (χ4v) is 0.298. The van der Waals surface area contributed by atoms with Crippen LogP contribution in [0.15, 0.2) is 0 Å². The molecule has 1 atom stereocenters. The Morgan fingerprint density at radius 1 is 1.75 bits per heavy atom. The first-order chi connectivity index (χ1) is 3.81. The molecule has 46 valence electrons. The molecule has 2 heteroatoms. The molecule has 0 aliphatic heterocycles. The molecule has 0 unspecified atom stereocenters. The van der Waals surface area contributed by atoms with Gasteiger partial charge in [-0.25, -0.2) is 0 Å². The van der Waals surface area contributed by atoms with Crippen molar-refractivity contribution < 1.29 is 5.11 Å². The molecule has 0 saturated carbocycles. The number of nitrogens with two attached hydrogens (primary N) is 1. The lowest BCUT2D eigenvalue weighted by molar-refractivity contribution is 0.267. The standard InChI is InChI=1S/C6H11NO/c1-2-3-4-6(7)5-8/h6,8H,4-5,7H2,1H3/t6-/m1/s1. The van der Waals surface area contributed by atoms with Crippen LogP contribution in [0.2, 0.25) is 0 Å². The van der Waals surface area contributed by atoms with Gasteiger partial charge in [0.2, 0.25) is 0 Å². The zero-order valence-electron chi connectivity index (χ0n) is 5.02. The Kier molecular flexibility index (Phi) is 4.33. The highest BCUT2D eigenvalue weighted by Crippen LogP contribution is 1.81. The van der Waals surface area contributed by atoms with Crippen LogP contribution in [-0.4, -0.2) is 17.8 Å². The molecular weight excluding hydrogens is 102 g/mol. The van der Waals surface area contributed by atoms with Crippen LogP contribution in [0.5, 0.6) is 0 Å². The number of aliphatic hydroxyl groups is 1. The topological polar surface area (TPSA) is 46.2 Å². The van der Waals surface area contributed by atoms with Crippen LogP contribution in [0.1, 0.15) is 13.3 Å². The smallest absolute Gasteiger partial charge is 0.0591 e. The van der Waals surface area contributed by atoms with Crippen molar-refractivity contribution in [2.24, 2.45) is 5.73 Å². The van der Waals surface area contributed by atoms with Crippen LogP contribution < -0.4 is 5.73 Å². The Hall–Kier alpha value is -0.520. The third-order valence-corrected chi connectivity index (χ3v) is 0.776. The van der Waals surface area contributed by atoms with Gasteiger partial charge in [0.15, 0.2) is 0 Å². The molecule has 0 saturated heterocycles. The lowest BCUT2D eigenvalue weighted by atomic mass is 10.2. The Morgan fingerprint density at radius 3 is 2.75 bits per heavy atom. The lowest BCUT2D eigenvalue weighted by Crippen LogP contribution is -2.23. The summed E-state index contributed by atoms with van der Waals surface area (Å²) in [5.41, 5.74) is 5.31. The highest BCUT2D eigenvalue weighted by molar-refractivity contribution is 4.97. The molecule has 0 aromatic carbocycles. The van der Waals surface area contributed by atoms with Gasteiger partial charge in [-0.05, 0) is 6.92 Å². The molecule has 0 spiro atoms. The van der Waals surface area contributed by atoms with Crippen LogP contribution >= 0.6 is 0 Å². The quantitative estimate of drug-likeness (QED) is 0.484. The Morgan fingerprint density at radius 2 is 2.38 bits per heavy atom. The van der Waals surface area contributed by atoms with Gasteiger partial charge in [0.05, 0.1) is 6.61 Å². The van der Waals surface area contributed by atoms with Gasteiger partial charge in [0.1, 0.15) is 0 Å². The second-order valence-electron chi connectivity index (χ2n) is 1.57. The molecule has 0 amide bonds. The molecule has 2 nitrogen and oxygen atoms in total. The van der Waals surface area contributed by atoms with E-state index in [2.05, 4.69) is 11.8 Å². The van der Waals surface area contributed by atoms with E-state index in [4.69, 9.17) is 10.8 Å². The largest absolute Gasteiger partial charge is 0.395 e. The molecule has 0 fully saturated rings. The van der Waals surface area contributed by atoms with Crippen molar-refractivity contribution in [1.82, 2.24) is 0 Å². The van der Waals surface area contributed by atoms with Gasteiger partial charge >= 0.3 is 0 Å². The molecule has 0 aliphatic carbocycles. The van der Waals surface area contributed by atoms with Crippen molar-refractivity contribution in [3.63, 3.8) is 0 Å². The average molecular weight is 113 g/mol. The monoisotopic (exact) mass is 113 g/mol. The normalized spacial score (nSPS) is 11.9. The zero-order valence-corrected chi connectivity index (χ0v) is 5.02. The van der Waals surface area contributed by atoms with E-state index < -0.39 is 0 Å². The first-order valence-electron chi connectivity index (χ1n) is 2.57. The second kappa shape index (κ2) is 4.63. The van der Waals surface area contributed by atoms with Crippen LogP contribution in [0.25, 0.3) is 0 Å². The molecule has 0 aromatic heterocycles. The predicted molar refractivity (Wildman–Crippen MR) is 33.1 cm³/mol. The summed E-state index contributed by atoms with van der Waals surface area (Å²) >= 11 is 0. The minimum atomic E-state index is -0.164. The lowest BCUT2D eigenvalue weighted by Gasteiger charge is -1.98. The van der Waals surface area contributed by atoms with Gasteiger partial charge in [-0.3, -0.25) is 0 Å². The molecule has 8 heavy (non-hydrogen) atoms. The highest BCUT2D eigenvalue weighted by atomic mass is 16.3. The summed E-state index contributed by atoms with van der Waals surface area (Å²) in [5.74, 6) is 5.46. The summed E-state index contributed by atoms with van der Waals surface area (Å²) in [6.45, 7) is 1.78. The highest BCUT2D eigenvalue weighted by Gasteiger charge is 1.93. The molecule has 0 rings (SSSR count). The van der Waals surface area contributed by atoms with Crippen molar-refractivity contribution in [3.05, 3.63) is 0 Å². The molecule has 0 aromatic rings. The van der Waals surface area contributed by atoms with Crippen LogP contribution in [0.4, 0.5) is 0 Å². The fourth-order valence-electron chi connectivity index (χ4n) is 0.298. The third-order valence-electron chi connectivity index (χ3n) is 0.776. The van der Waals surface area contributed by atoms with Crippen LogP contribution in [0, 0.1) is 11.8 Å². The van der Waals surface area contributed by atoms with E-state index in [9.17, 15) is 0 Å². The van der Waals surface area contributed by atoms with E-state index >= 15 is 0 Å². The van der Waals surface area contributed by atoms with Crippen LogP contribution in [-0.2, 0) is 0 Å². The van der Waals surface area contributed by atoms with Crippen molar-refractivity contribution >= 4 is 0 Å². The molecule has 3 N–H and O–H groups in total. The SMILES string of the molecule is CC#CC[C@@H](N)CO. The Bertz CT molecular complexity index is 101. The maximum absolute atomic E-state index is 8.37. The summed E-state index contributed by atoms with van der Waals surface area (Å²) in [4.78, 5) is 0. The Labute approximate surface area is 49.7 Å². The zero-order chi connectivity index (χ0) is 6.41. The molecule has 0 aliphatic rings. The van der Waals surface area contributed by atoms with Crippen molar-refractivity contribution in [1.29, 1.82) is 0 Å².